The molecule has 7 heteroatoms. The van der Waals surface area contributed by atoms with Crippen LogP contribution < -0.4 is 15.4 Å². The minimum absolute atomic E-state index is 0.0834. The molecule has 148 valence electrons. The molecule has 0 amide bonds. The van der Waals surface area contributed by atoms with Gasteiger partial charge in [0.05, 0.1) is 24.0 Å². The lowest BCUT2D eigenvalue weighted by atomic mass is 10.1. The molecule has 1 saturated carbocycles. The van der Waals surface area contributed by atoms with Crippen molar-refractivity contribution < 1.29 is 9.53 Å². The molecule has 1 aromatic carbocycles. The summed E-state index contributed by atoms with van der Waals surface area (Å²) >= 11 is 6.01. The fourth-order valence-electron chi connectivity index (χ4n) is 2.59. The smallest absolute Gasteiger partial charge is 0.169 e. The van der Waals surface area contributed by atoms with Crippen molar-refractivity contribution in [2.24, 2.45) is 5.92 Å². The highest BCUT2D eigenvalue weighted by molar-refractivity contribution is 6.29. The van der Waals surface area contributed by atoms with E-state index < -0.39 is 0 Å². The number of pyridine rings is 1. The molecule has 0 radical (unpaired) electrons. The van der Waals surface area contributed by atoms with Gasteiger partial charge in [-0.1, -0.05) is 24.2 Å². The molecular formula is C21H25ClN4O2. The fourth-order valence-corrected chi connectivity index (χ4v) is 2.75. The first-order chi connectivity index (χ1) is 13.4. The maximum atomic E-state index is 12.5. The molecule has 0 bridgehead atoms. The zero-order chi connectivity index (χ0) is 20.7. The molecule has 3 N–H and O–H groups in total. The van der Waals surface area contributed by atoms with Crippen LogP contribution in [0.1, 0.15) is 35.7 Å². The zero-order valence-electron chi connectivity index (χ0n) is 16.3. The minimum Gasteiger partial charge on any atom is -0.494 e. The van der Waals surface area contributed by atoms with Crippen molar-refractivity contribution in [3.8, 4) is 5.75 Å². The average molecular weight is 401 g/mol. The molecule has 0 atom stereocenters. The second-order valence-corrected chi connectivity index (χ2v) is 6.71. The van der Waals surface area contributed by atoms with Crippen molar-refractivity contribution in [2.75, 3.05) is 19.5 Å². The van der Waals surface area contributed by atoms with Gasteiger partial charge < -0.3 is 20.8 Å². The molecule has 1 aliphatic carbocycles. The third kappa shape index (κ3) is 5.33. The van der Waals surface area contributed by atoms with Crippen LogP contribution in [0.5, 0.6) is 5.75 Å². The van der Waals surface area contributed by atoms with Gasteiger partial charge in [-0.25, -0.2) is 4.98 Å². The van der Waals surface area contributed by atoms with Gasteiger partial charge in [0.15, 0.2) is 11.5 Å². The number of methoxy groups -OCH3 is 1. The number of hydrogen-bond acceptors (Lipinski definition) is 6. The third-order valence-electron chi connectivity index (χ3n) is 4.18. The van der Waals surface area contributed by atoms with Crippen molar-refractivity contribution >= 4 is 34.5 Å². The van der Waals surface area contributed by atoms with Gasteiger partial charge in [-0.3, -0.25) is 4.79 Å². The number of nitrogens with one attached hydrogen (secondary N) is 3. The van der Waals surface area contributed by atoms with E-state index in [0.29, 0.717) is 39.1 Å². The SMILES string of the molecule is C=CNC.COc1c(Nc2cc(Cl)ncc2C(=O)C2CC2)cccc1C(C)=N. The molecule has 28 heavy (non-hydrogen) atoms. The Kier molecular flexibility index (Phi) is 7.58. The largest absolute Gasteiger partial charge is 0.494 e. The second-order valence-electron chi connectivity index (χ2n) is 6.32. The monoisotopic (exact) mass is 400 g/mol. The first kappa shape index (κ1) is 21.4. The van der Waals surface area contributed by atoms with Gasteiger partial charge in [0.2, 0.25) is 0 Å². The van der Waals surface area contributed by atoms with E-state index in [9.17, 15) is 4.79 Å². The van der Waals surface area contributed by atoms with Crippen LogP contribution in [0, 0.1) is 11.3 Å². The third-order valence-corrected chi connectivity index (χ3v) is 4.39. The molecular weight excluding hydrogens is 376 g/mol. The number of carbonyl (C=O) groups excluding carboxylic acids is 1. The molecule has 0 spiro atoms. The highest BCUT2D eigenvalue weighted by Gasteiger charge is 2.32. The van der Waals surface area contributed by atoms with E-state index in [1.807, 2.05) is 25.2 Å². The number of halogens is 1. The predicted octanol–water partition coefficient (Wildman–Crippen LogP) is 4.82. The van der Waals surface area contributed by atoms with Crippen molar-refractivity contribution in [1.29, 1.82) is 5.41 Å². The summed E-state index contributed by atoms with van der Waals surface area (Å²) in [4.78, 5) is 16.5. The van der Waals surface area contributed by atoms with Gasteiger partial charge in [0, 0.05) is 30.4 Å². The number of hydrogen-bond donors (Lipinski definition) is 3. The lowest BCUT2D eigenvalue weighted by Gasteiger charge is -2.16. The van der Waals surface area contributed by atoms with Gasteiger partial charge >= 0.3 is 0 Å². The van der Waals surface area contributed by atoms with E-state index in [2.05, 4.69) is 22.2 Å². The number of rotatable bonds is 7. The quantitative estimate of drug-likeness (QED) is 0.352. The van der Waals surface area contributed by atoms with E-state index in [-0.39, 0.29) is 11.7 Å². The fraction of sp³-hybridized carbons (Fsp3) is 0.286. The summed E-state index contributed by atoms with van der Waals surface area (Å²) in [5.41, 5.74) is 2.90. The first-order valence-corrected chi connectivity index (χ1v) is 9.28. The Morgan fingerprint density at radius 1 is 1.36 bits per heavy atom. The summed E-state index contributed by atoms with van der Waals surface area (Å²) in [6.45, 7) is 5.07. The van der Waals surface area contributed by atoms with Crippen molar-refractivity contribution in [3.05, 3.63) is 59.5 Å². The maximum Gasteiger partial charge on any atom is 0.169 e. The number of ketones is 1. The van der Waals surface area contributed by atoms with Crippen LogP contribution in [0.2, 0.25) is 5.15 Å². The second kappa shape index (κ2) is 9.90. The van der Waals surface area contributed by atoms with Gasteiger partial charge in [-0.05, 0) is 44.2 Å². The highest BCUT2D eigenvalue weighted by atomic mass is 35.5. The van der Waals surface area contributed by atoms with Crippen LogP contribution in [0.15, 0.2) is 43.2 Å². The van der Waals surface area contributed by atoms with Crippen molar-refractivity contribution in [3.63, 3.8) is 0 Å². The molecule has 1 aliphatic rings. The summed E-state index contributed by atoms with van der Waals surface area (Å²) in [6.07, 6.45) is 4.99. The Bertz CT molecular complexity index is 879. The Balaban J connectivity index is 0.000000640. The predicted molar refractivity (Wildman–Crippen MR) is 114 cm³/mol. The van der Waals surface area contributed by atoms with Crippen LogP contribution in [0.3, 0.4) is 0 Å². The Morgan fingerprint density at radius 2 is 2.04 bits per heavy atom. The van der Waals surface area contributed by atoms with Gasteiger partial charge in [-0.2, -0.15) is 0 Å². The number of carbonyl (C=O) groups is 1. The summed E-state index contributed by atoms with van der Waals surface area (Å²) in [7, 11) is 3.37. The first-order valence-electron chi connectivity index (χ1n) is 8.90. The van der Waals surface area contributed by atoms with Crippen LogP contribution in [0.4, 0.5) is 11.4 Å². The van der Waals surface area contributed by atoms with E-state index in [1.54, 1.807) is 26.3 Å². The molecule has 1 aromatic heterocycles. The normalized spacial score (nSPS) is 12.3. The standard InChI is InChI=1S/C18H18ClN3O2.C3H7N/c1-10(20)12-4-3-5-14(18(12)24-2)22-15-8-16(19)21-9-13(15)17(23)11-6-7-11;1-3-4-2/h3-5,8-9,11,20H,6-7H2,1-2H3,(H,21,22);3-4H,1H2,2H3. The number of para-hydroxylation sites is 1. The summed E-state index contributed by atoms with van der Waals surface area (Å²) < 4.78 is 5.46. The van der Waals surface area contributed by atoms with Crippen LogP contribution in [0.25, 0.3) is 0 Å². The van der Waals surface area contributed by atoms with Gasteiger partial charge in [0.25, 0.3) is 0 Å². The lowest BCUT2D eigenvalue weighted by molar-refractivity contribution is 0.0968. The number of nitrogens with zero attached hydrogens (tertiary/aromatic N) is 1. The molecule has 0 unspecified atom stereocenters. The topological polar surface area (TPSA) is 87.1 Å². The number of Topliss-reactive ketones (excluding diaryl/α,β-unsaturated/α-hetero) is 1. The summed E-state index contributed by atoms with van der Waals surface area (Å²) in [5, 5.41) is 14.1. The lowest BCUT2D eigenvalue weighted by Crippen LogP contribution is -2.08. The molecule has 0 saturated heterocycles. The molecule has 1 heterocycles. The van der Waals surface area contributed by atoms with E-state index in [4.69, 9.17) is 21.7 Å². The number of ether oxygens (including phenoxy) is 1. The molecule has 0 aliphatic heterocycles. The van der Waals surface area contributed by atoms with E-state index in [0.717, 1.165) is 12.8 Å². The Hall–Kier alpha value is -2.86. The molecule has 6 nitrogen and oxygen atoms in total. The average Bonchev–Trinajstić information content (AvgIpc) is 3.53. The van der Waals surface area contributed by atoms with E-state index >= 15 is 0 Å². The molecule has 2 aromatic rings. The summed E-state index contributed by atoms with van der Waals surface area (Å²) in [6, 6.07) is 7.14. The number of anilines is 2. The maximum absolute atomic E-state index is 12.5. The van der Waals surface area contributed by atoms with Gasteiger partial charge in [-0.15, -0.1) is 0 Å². The van der Waals surface area contributed by atoms with E-state index in [1.165, 1.54) is 6.20 Å². The van der Waals surface area contributed by atoms with Crippen LogP contribution >= 0.6 is 11.6 Å². The van der Waals surface area contributed by atoms with Crippen molar-refractivity contribution in [1.82, 2.24) is 10.3 Å². The molecule has 3 rings (SSSR count). The minimum atomic E-state index is 0.0834. The Labute approximate surface area is 170 Å². The summed E-state index contributed by atoms with van der Waals surface area (Å²) in [5.74, 6) is 0.730. The number of aromatic nitrogens is 1. The van der Waals surface area contributed by atoms with Crippen molar-refractivity contribution in [2.45, 2.75) is 19.8 Å². The van der Waals surface area contributed by atoms with Gasteiger partial charge in [0.1, 0.15) is 5.15 Å². The number of benzene rings is 1. The molecule has 1 fully saturated rings. The van der Waals surface area contributed by atoms with Crippen LogP contribution in [-0.2, 0) is 0 Å². The Morgan fingerprint density at radius 3 is 2.57 bits per heavy atom. The zero-order valence-corrected chi connectivity index (χ0v) is 17.1. The highest BCUT2D eigenvalue weighted by Crippen LogP contribution is 2.37. The van der Waals surface area contributed by atoms with Crippen LogP contribution in [-0.4, -0.2) is 30.6 Å².